The number of nitrogens with zero attached hydrogens (tertiary/aromatic N) is 2. The smallest absolute Gasteiger partial charge is 0.191 e. The van der Waals surface area contributed by atoms with E-state index in [4.69, 9.17) is 10.5 Å². The Morgan fingerprint density at radius 3 is 3.10 bits per heavy atom. The van der Waals surface area contributed by atoms with Crippen molar-refractivity contribution in [2.24, 2.45) is 10.7 Å². The molecule has 1 aliphatic carbocycles. The molecular weight excluding hydrogens is 318 g/mol. The largest absolute Gasteiger partial charge is 0.383 e. The minimum absolute atomic E-state index is 0.0590. The Balaban J connectivity index is 1.85. The normalized spacial score (nSPS) is 24.9. The van der Waals surface area contributed by atoms with Gasteiger partial charge in [0.05, 0.1) is 18.7 Å². The SMILES string of the molecule is COCCN1C(N)=NCC12CCc1cc(Br)ccc1C2. The molecule has 1 aliphatic heterocycles. The van der Waals surface area contributed by atoms with Gasteiger partial charge in [-0.3, -0.25) is 4.99 Å². The summed E-state index contributed by atoms with van der Waals surface area (Å²) in [5, 5.41) is 0. The monoisotopic (exact) mass is 337 g/mol. The maximum Gasteiger partial charge on any atom is 0.191 e. The van der Waals surface area contributed by atoms with Crippen LogP contribution in [0.3, 0.4) is 0 Å². The molecule has 1 aromatic carbocycles. The first kappa shape index (κ1) is 13.9. The van der Waals surface area contributed by atoms with Crippen LogP contribution in [0.25, 0.3) is 0 Å². The minimum Gasteiger partial charge on any atom is -0.383 e. The highest BCUT2D eigenvalue weighted by atomic mass is 79.9. The zero-order valence-electron chi connectivity index (χ0n) is 11.7. The third-order valence-corrected chi connectivity index (χ3v) is 4.94. The van der Waals surface area contributed by atoms with Crippen molar-refractivity contribution in [3.05, 3.63) is 33.8 Å². The molecule has 1 aromatic rings. The van der Waals surface area contributed by atoms with E-state index in [1.54, 1.807) is 7.11 Å². The Labute approximate surface area is 128 Å². The van der Waals surface area contributed by atoms with E-state index in [9.17, 15) is 0 Å². The van der Waals surface area contributed by atoms with Crippen molar-refractivity contribution in [1.82, 2.24) is 4.90 Å². The number of hydrogen-bond acceptors (Lipinski definition) is 4. The van der Waals surface area contributed by atoms with Gasteiger partial charge in [0.1, 0.15) is 0 Å². The van der Waals surface area contributed by atoms with E-state index in [0.29, 0.717) is 12.6 Å². The summed E-state index contributed by atoms with van der Waals surface area (Å²) in [5.74, 6) is 0.669. The maximum atomic E-state index is 6.08. The molecule has 3 rings (SSSR count). The second-order valence-electron chi connectivity index (χ2n) is 5.63. The van der Waals surface area contributed by atoms with Gasteiger partial charge in [-0.1, -0.05) is 22.0 Å². The molecule has 0 radical (unpaired) electrons. The molecule has 0 aromatic heterocycles. The molecule has 2 aliphatic rings. The fourth-order valence-electron chi connectivity index (χ4n) is 3.35. The van der Waals surface area contributed by atoms with E-state index in [2.05, 4.69) is 44.0 Å². The predicted octanol–water partition coefficient (Wildman–Crippen LogP) is 1.95. The molecule has 2 N–H and O–H groups in total. The van der Waals surface area contributed by atoms with Crippen LogP contribution in [-0.2, 0) is 17.6 Å². The molecule has 0 fully saturated rings. The molecule has 0 saturated heterocycles. The van der Waals surface area contributed by atoms with E-state index in [-0.39, 0.29) is 5.54 Å². The predicted molar refractivity (Wildman–Crippen MR) is 84.0 cm³/mol. The Hall–Kier alpha value is -1.07. The number of rotatable bonds is 3. The van der Waals surface area contributed by atoms with E-state index in [1.807, 2.05) is 0 Å². The van der Waals surface area contributed by atoms with E-state index in [0.717, 1.165) is 36.8 Å². The molecule has 0 saturated carbocycles. The Bertz CT molecular complexity index is 546. The number of aliphatic imine (C=N–C) groups is 1. The molecule has 4 nitrogen and oxygen atoms in total. The second kappa shape index (κ2) is 5.37. The molecule has 5 heteroatoms. The van der Waals surface area contributed by atoms with Gasteiger partial charge in [0.2, 0.25) is 0 Å². The van der Waals surface area contributed by atoms with Crippen molar-refractivity contribution in [3.8, 4) is 0 Å². The van der Waals surface area contributed by atoms with Crippen LogP contribution in [-0.4, -0.2) is 43.2 Å². The van der Waals surface area contributed by atoms with Gasteiger partial charge < -0.3 is 15.4 Å². The summed E-state index contributed by atoms with van der Waals surface area (Å²) in [5.41, 5.74) is 9.01. The van der Waals surface area contributed by atoms with E-state index >= 15 is 0 Å². The zero-order valence-corrected chi connectivity index (χ0v) is 13.3. The molecule has 0 bridgehead atoms. The van der Waals surface area contributed by atoms with E-state index in [1.165, 1.54) is 11.1 Å². The molecule has 1 heterocycles. The highest BCUT2D eigenvalue weighted by molar-refractivity contribution is 9.10. The van der Waals surface area contributed by atoms with Crippen LogP contribution in [0.15, 0.2) is 27.7 Å². The number of methoxy groups -OCH3 is 1. The third kappa shape index (κ3) is 2.33. The first-order valence-electron chi connectivity index (χ1n) is 6.98. The Morgan fingerprint density at radius 2 is 2.30 bits per heavy atom. The van der Waals surface area contributed by atoms with Crippen LogP contribution < -0.4 is 5.73 Å². The summed E-state index contributed by atoms with van der Waals surface area (Å²) in [6, 6.07) is 6.58. The van der Waals surface area contributed by atoms with Gasteiger partial charge in [-0.05, 0) is 42.5 Å². The minimum atomic E-state index is 0.0590. The van der Waals surface area contributed by atoms with Gasteiger partial charge in [-0.25, -0.2) is 0 Å². The summed E-state index contributed by atoms with van der Waals surface area (Å²) in [4.78, 5) is 6.74. The van der Waals surface area contributed by atoms with Crippen molar-refractivity contribution in [1.29, 1.82) is 0 Å². The lowest BCUT2D eigenvalue weighted by atomic mass is 9.77. The molecular formula is C15H20BrN3O. The van der Waals surface area contributed by atoms with Crippen LogP contribution in [0.5, 0.6) is 0 Å². The summed E-state index contributed by atoms with van der Waals surface area (Å²) in [6.07, 6.45) is 3.20. The van der Waals surface area contributed by atoms with Gasteiger partial charge in [0.25, 0.3) is 0 Å². The molecule has 1 spiro atoms. The summed E-state index contributed by atoms with van der Waals surface area (Å²) in [6.45, 7) is 2.31. The number of benzene rings is 1. The second-order valence-corrected chi connectivity index (χ2v) is 6.55. The van der Waals surface area contributed by atoms with E-state index < -0.39 is 0 Å². The zero-order chi connectivity index (χ0) is 14.2. The van der Waals surface area contributed by atoms with Gasteiger partial charge in [0.15, 0.2) is 5.96 Å². The Kier molecular flexibility index (Phi) is 3.73. The van der Waals surface area contributed by atoms with Gasteiger partial charge in [-0.15, -0.1) is 0 Å². The Morgan fingerprint density at radius 1 is 1.45 bits per heavy atom. The summed E-state index contributed by atoms with van der Waals surface area (Å²) < 4.78 is 6.37. The highest BCUT2D eigenvalue weighted by Crippen LogP contribution is 2.37. The van der Waals surface area contributed by atoms with Crippen molar-refractivity contribution in [2.45, 2.75) is 24.8 Å². The van der Waals surface area contributed by atoms with Crippen molar-refractivity contribution >= 4 is 21.9 Å². The van der Waals surface area contributed by atoms with Crippen LogP contribution in [0, 0.1) is 0 Å². The standard InChI is InChI=1S/C15H20BrN3O/c1-20-7-6-19-14(17)18-10-15(19)5-4-11-8-13(16)3-2-12(11)9-15/h2-3,8H,4-7,9-10H2,1H3,(H2,17,18). The molecule has 108 valence electrons. The number of aryl methyl sites for hydroxylation is 1. The average molecular weight is 338 g/mol. The number of fused-ring (bicyclic) bond motifs is 1. The number of ether oxygens (including phenoxy) is 1. The summed E-state index contributed by atoms with van der Waals surface area (Å²) >= 11 is 3.55. The van der Waals surface area contributed by atoms with Crippen LogP contribution >= 0.6 is 15.9 Å². The maximum absolute atomic E-state index is 6.08. The quantitative estimate of drug-likeness (QED) is 0.917. The number of guanidine groups is 1. The first-order chi connectivity index (χ1) is 9.64. The highest BCUT2D eigenvalue weighted by Gasteiger charge is 2.44. The lowest BCUT2D eigenvalue weighted by molar-refractivity contribution is 0.119. The number of halogens is 1. The fourth-order valence-corrected chi connectivity index (χ4v) is 3.76. The third-order valence-electron chi connectivity index (χ3n) is 4.45. The average Bonchev–Trinajstić information content (AvgIpc) is 2.74. The van der Waals surface area contributed by atoms with Gasteiger partial charge >= 0.3 is 0 Å². The van der Waals surface area contributed by atoms with Crippen molar-refractivity contribution < 1.29 is 4.74 Å². The van der Waals surface area contributed by atoms with Crippen LogP contribution in [0.2, 0.25) is 0 Å². The van der Waals surface area contributed by atoms with Crippen molar-refractivity contribution in [3.63, 3.8) is 0 Å². The molecule has 1 atom stereocenters. The lowest BCUT2D eigenvalue weighted by Gasteiger charge is -2.42. The molecule has 0 amide bonds. The van der Waals surface area contributed by atoms with Crippen LogP contribution in [0.4, 0.5) is 0 Å². The number of nitrogens with two attached hydrogens (primary N) is 1. The van der Waals surface area contributed by atoms with Gasteiger partial charge in [0, 0.05) is 18.1 Å². The van der Waals surface area contributed by atoms with Gasteiger partial charge in [-0.2, -0.15) is 0 Å². The fraction of sp³-hybridized carbons (Fsp3) is 0.533. The summed E-state index contributed by atoms with van der Waals surface area (Å²) in [7, 11) is 1.73. The molecule has 1 unspecified atom stereocenters. The first-order valence-corrected chi connectivity index (χ1v) is 7.78. The van der Waals surface area contributed by atoms with Crippen molar-refractivity contribution in [2.75, 3.05) is 26.8 Å². The topological polar surface area (TPSA) is 50.9 Å². The molecule has 20 heavy (non-hydrogen) atoms. The van der Waals surface area contributed by atoms with Crippen LogP contribution in [0.1, 0.15) is 17.5 Å². The lowest BCUT2D eigenvalue weighted by Crippen LogP contribution is -2.55. The number of hydrogen-bond donors (Lipinski definition) is 1.